The van der Waals surface area contributed by atoms with Gasteiger partial charge in [0.2, 0.25) is 15.3 Å². The van der Waals surface area contributed by atoms with Crippen LogP contribution in [0.3, 0.4) is 0 Å². The van der Waals surface area contributed by atoms with E-state index >= 15 is 0 Å². The van der Waals surface area contributed by atoms with Crippen molar-refractivity contribution in [2.75, 3.05) is 13.1 Å². The molecule has 1 saturated heterocycles. The fourth-order valence-electron chi connectivity index (χ4n) is 2.53. The fraction of sp³-hybridized carbons (Fsp3) is 0.357. The van der Waals surface area contributed by atoms with Gasteiger partial charge >= 0.3 is 0 Å². The molecule has 0 spiro atoms. The minimum absolute atomic E-state index is 0.102. The Labute approximate surface area is 134 Å². The zero-order valence-electron chi connectivity index (χ0n) is 11.8. The molecule has 0 N–H and O–H groups in total. The predicted molar refractivity (Wildman–Crippen MR) is 82.1 cm³/mol. The highest BCUT2D eigenvalue weighted by Crippen LogP contribution is 2.25. The first-order valence-corrected chi connectivity index (χ1v) is 8.80. The van der Waals surface area contributed by atoms with Gasteiger partial charge in [-0.15, -0.1) is 0 Å². The summed E-state index contributed by atoms with van der Waals surface area (Å²) in [6, 6.07) is 6.94. The van der Waals surface area contributed by atoms with E-state index in [1.54, 1.807) is 24.3 Å². The SMILES string of the molecule is O=S(=O)(c1ccccc1Cc1ncnc(Cl)n1)N1CCCC1. The van der Waals surface area contributed by atoms with Gasteiger partial charge in [-0.2, -0.15) is 4.31 Å². The van der Waals surface area contributed by atoms with E-state index < -0.39 is 10.0 Å². The smallest absolute Gasteiger partial charge is 0.221 e. The Balaban J connectivity index is 1.96. The van der Waals surface area contributed by atoms with Crippen LogP contribution in [0.5, 0.6) is 0 Å². The lowest BCUT2D eigenvalue weighted by Crippen LogP contribution is -2.28. The summed E-state index contributed by atoms with van der Waals surface area (Å²) in [5, 5.41) is 0.102. The molecule has 0 unspecified atom stereocenters. The molecule has 1 fully saturated rings. The minimum atomic E-state index is -3.47. The maximum atomic E-state index is 12.8. The van der Waals surface area contributed by atoms with E-state index in [-0.39, 0.29) is 5.28 Å². The number of nitrogens with zero attached hydrogens (tertiary/aromatic N) is 4. The second-order valence-corrected chi connectivity index (χ2v) is 7.31. The average molecular weight is 339 g/mol. The van der Waals surface area contributed by atoms with Crippen LogP contribution in [0, 0.1) is 0 Å². The molecular weight excluding hydrogens is 324 g/mol. The highest BCUT2D eigenvalue weighted by atomic mass is 35.5. The van der Waals surface area contributed by atoms with Crippen molar-refractivity contribution in [3.63, 3.8) is 0 Å². The Morgan fingerprint density at radius 3 is 2.59 bits per heavy atom. The maximum Gasteiger partial charge on any atom is 0.243 e. The Hall–Kier alpha value is -1.57. The van der Waals surface area contributed by atoms with Gasteiger partial charge in [0.05, 0.1) is 4.90 Å². The van der Waals surface area contributed by atoms with Gasteiger partial charge < -0.3 is 0 Å². The number of rotatable bonds is 4. The van der Waals surface area contributed by atoms with Crippen LogP contribution in [-0.4, -0.2) is 40.8 Å². The number of hydrogen-bond acceptors (Lipinski definition) is 5. The lowest BCUT2D eigenvalue weighted by atomic mass is 10.1. The van der Waals surface area contributed by atoms with Crippen LogP contribution < -0.4 is 0 Å². The molecule has 0 aliphatic carbocycles. The van der Waals surface area contributed by atoms with Crippen LogP contribution in [0.2, 0.25) is 5.28 Å². The van der Waals surface area contributed by atoms with Crippen molar-refractivity contribution in [1.82, 2.24) is 19.3 Å². The Morgan fingerprint density at radius 1 is 1.14 bits per heavy atom. The molecule has 0 radical (unpaired) electrons. The molecule has 2 heterocycles. The normalized spacial score (nSPS) is 16.0. The van der Waals surface area contributed by atoms with E-state index in [2.05, 4.69) is 15.0 Å². The van der Waals surface area contributed by atoms with E-state index in [9.17, 15) is 8.42 Å². The minimum Gasteiger partial charge on any atom is -0.221 e. The third-order valence-electron chi connectivity index (χ3n) is 3.60. The largest absolute Gasteiger partial charge is 0.243 e. The standard InChI is InChI=1S/C14H15ClN4O2S/c15-14-17-10-16-13(18-14)9-11-5-1-2-6-12(11)22(20,21)19-7-3-4-8-19/h1-2,5-6,10H,3-4,7-9H2. The molecule has 1 aromatic heterocycles. The van der Waals surface area contributed by atoms with Crippen molar-refractivity contribution in [2.45, 2.75) is 24.2 Å². The molecule has 2 aromatic rings. The maximum absolute atomic E-state index is 12.8. The Bertz CT molecular complexity index is 776. The molecule has 1 aliphatic heterocycles. The summed E-state index contributed by atoms with van der Waals surface area (Å²) in [6.45, 7) is 1.16. The molecule has 0 atom stereocenters. The highest BCUT2D eigenvalue weighted by molar-refractivity contribution is 7.89. The molecule has 6 nitrogen and oxygen atoms in total. The fourth-order valence-corrected chi connectivity index (χ4v) is 4.41. The van der Waals surface area contributed by atoms with Crippen molar-refractivity contribution in [3.8, 4) is 0 Å². The molecule has 0 bridgehead atoms. The Kier molecular flexibility index (Phi) is 4.37. The predicted octanol–water partition coefficient (Wildman–Crippen LogP) is 1.90. The van der Waals surface area contributed by atoms with Crippen LogP contribution >= 0.6 is 11.6 Å². The lowest BCUT2D eigenvalue weighted by molar-refractivity contribution is 0.476. The van der Waals surface area contributed by atoms with Gasteiger partial charge in [-0.1, -0.05) is 18.2 Å². The zero-order valence-corrected chi connectivity index (χ0v) is 13.4. The molecule has 22 heavy (non-hydrogen) atoms. The molecule has 3 rings (SSSR count). The molecular formula is C14H15ClN4O2S. The van der Waals surface area contributed by atoms with Crippen LogP contribution in [0.4, 0.5) is 0 Å². The summed E-state index contributed by atoms with van der Waals surface area (Å²) in [7, 11) is -3.47. The molecule has 1 aromatic carbocycles. The summed E-state index contributed by atoms with van der Waals surface area (Å²) in [5.41, 5.74) is 0.664. The molecule has 8 heteroatoms. The number of aromatic nitrogens is 3. The van der Waals surface area contributed by atoms with Crippen LogP contribution in [0.15, 0.2) is 35.5 Å². The van der Waals surface area contributed by atoms with Crippen LogP contribution in [0.25, 0.3) is 0 Å². The third-order valence-corrected chi connectivity index (χ3v) is 5.78. The molecule has 116 valence electrons. The van der Waals surface area contributed by atoms with Crippen LogP contribution in [-0.2, 0) is 16.4 Å². The monoisotopic (exact) mass is 338 g/mol. The van der Waals surface area contributed by atoms with Crippen molar-refractivity contribution in [1.29, 1.82) is 0 Å². The second-order valence-electron chi connectivity index (χ2n) is 5.07. The van der Waals surface area contributed by atoms with Crippen LogP contribution in [0.1, 0.15) is 24.2 Å². The van der Waals surface area contributed by atoms with Crippen molar-refractivity contribution < 1.29 is 8.42 Å². The summed E-state index contributed by atoms with van der Waals surface area (Å²) < 4.78 is 27.1. The number of hydrogen-bond donors (Lipinski definition) is 0. The Morgan fingerprint density at radius 2 is 1.86 bits per heavy atom. The van der Waals surface area contributed by atoms with Gasteiger partial charge in [-0.05, 0) is 36.1 Å². The number of halogens is 1. The van der Waals surface area contributed by atoms with Gasteiger partial charge in [0, 0.05) is 19.5 Å². The van der Waals surface area contributed by atoms with Gasteiger partial charge in [-0.25, -0.2) is 23.4 Å². The second kappa shape index (κ2) is 6.28. The van der Waals surface area contributed by atoms with Gasteiger partial charge in [0.15, 0.2) is 0 Å². The van der Waals surface area contributed by atoms with E-state index in [0.717, 1.165) is 12.8 Å². The third kappa shape index (κ3) is 3.11. The quantitative estimate of drug-likeness (QED) is 0.851. The van der Waals surface area contributed by atoms with Gasteiger partial charge in [0.25, 0.3) is 0 Å². The summed E-state index contributed by atoms with van der Waals surface area (Å²) in [5.74, 6) is 0.448. The molecule has 0 saturated carbocycles. The topological polar surface area (TPSA) is 76.0 Å². The van der Waals surface area contributed by atoms with Crippen molar-refractivity contribution in [3.05, 3.63) is 47.3 Å². The van der Waals surface area contributed by atoms with Gasteiger partial charge in [0.1, 0.15) is 12.2 Å². The van der Waals surface area contributed by atoms with Crippen molar-refractivity contribution in [2.24, 2.45) is 0 Å². The van der Waals surface area contributed by atoms with E-state index in [4.69, 9.17) is 11.6 Å². The molecule has 1 aliphatic rings. The van der Waals surface area contributed by atoms with E-state index in [0.29, 0.717) is 35.8 Å². The number of sulfonamides is 1. The summed E-state index contributed by atoms with van der Waals surface area (Å²) in [4.78, 5) is 12.1. The zero-order chi connectivity index (χ0) is 15.6. The average Bonchev–Trinajstić information content (AvgIpc) is 3.03. The first kappa shape index (κ1) is 15.3. The van der Waals surface area contributed by atoms with E-state index in [1.807, 2.05) is 0 Å². The molecule has 0 amide bonds. The first-order valence-electron chi connectivity index (χ1n) is 6.99. The summed E-state index contributed by atoms with van der Waals surface area (Å²) >= 11 is 5.76. The first-order chi connectivity index (χ1) is 10.6. The highest BCUT2D eigenvalue weighted by Gasteiger charge is 2.29. The van der Waals surface area contributed by atoms with Gasteiger partial charge in [-0.3, -0.25) is 0 Å². The lowest BCUT2D eigenvalue weighted by Gasteiger charge is -2.17. The summed E-state index contributed by atoms with van der Waals surface area (Å²) in [6.07, 6.45) is 3.43. The number of benzene rings is 1. The van der Waals surface area contributed by atoms with Crippen molar-refractivity contribution >= 4 is 21.6 Å². The van der Waals surface area contributed by atoms with E-state index in [1.165, 1.54) is 10.6 Å².